The molecule has 0 atom stereocenters. The zero-order valence-electron chi connectivity index (χ0n) is 17.5. The van der Waals surface area contributed by atoms with Crippen molar-refractivity contribution in [2.24, 2.45) is 0 Å². The van der Waals surface area contributed by atoms with Gasteiger partial charge in [0.2, 0.25) is 15.9 Å². The zero-order chi connectivity index (χ0) is 23.3. The van der Waals surface area contributed by atoms with Crippen molar-refractivity contribution < 1.29 is 17.9 Å². The van der Waals surface area contributed by atoms with E-state index in [9.17, 15) is 13.2 Å². The Morgan fingerprint density at radius 1 is 1.03 bits per heavy atom. The summed E-state index contributed by atoms with van der Waals surface area (Å²) in [5.74, 6) is -0.0511. The maximum atomic E-state index is 13.4. The summed E-state index contributed by atoms with van der Waals surface area (Å²) >= 11 is 12.2. The van der Waals surface area contributed by atoms with Gasteiger partial charge in [-0.3, -0.25) is 4.79 Å². The van der Waals surface area contributed by atoms with E-state index in [-0.39, 0.29) is 11.4 Å². The fraction of sp³-hybridized carbons (Fsp3) is 0.174. The Morgan fingerprint density at radius 2 is 1.72 bits per heavy atom. The van der Waals surface area contributed by atoms with Crippen LogP contribution in [0.3, 0.4) is 0 Å². The molecule has 0 saturated heterocycles. The lowest BCUT2D eigenvalue weighted by Gasteiger charge is -2.23. The van der Waals surface area contributed by atoms with Gasteiger partial charge in [-0.05, 0) is 48.9 Å². The minimum absolute atomic E-state index is 0.0817. The Morgan fingerprint density at radius 3 is 2.38 bits per heavy atom. The molecule has 168 valence electrons. The Labute approximate surface area is 197 Å². The van der Waals surface area contributed by atoms with E-state index in [1.54, 1.807) is 48.5 Å². The van der Waals surface area contributed by atoms with Gasteiger partial charge in [-0.1, -0.05) is 59.1 Å². The molecule has 0 aromatic heterocycles. The standard InChI is InChI=1S/C23H22Cl2N2O4S/c1-16-7-11-19(12-8-16)32(29,30)27(14-17-9-10-18(24)13-20(17)25)15-23(28)26-21-5-3-4-6-22(21)31-2/h3-13H,14-15H2,1-2H3,(H,26,28). The molecule has 1 N–H and O–H groups in total. The summed E-state index contributed by atoms with van der Waals surface area (Å²) in [4.78, 5) is 12.9. The van der Waals surface area contributed by atoms with Gasteiger partial charge >= 0.3 is 0 Å². The highest BCUT2D eigenvalue weighted by Gasteiger charge is 2.28. The zero-order valence-corrected chi connectivity index (χ0v) is 19.8. The van der Waals surface area contributed by atoms with E-state index >= 15 is 0 Å². The van der Waals surface area contributed by atoms with Crippen LogP contribution in [0.15, 0.2) is 71.6 Å². The van der Waals surface area contributed by atoms with E-state index in [1.165, 1.54) is 25.3 Å². The third-order valence-electron chi connectivity index (χ3n) is 4.72. The van der Waals surface area contributed by atoms with Crippen LogP contribution in [-0.2, 0) is 21.4 Å². The van der Waals surface area contributed by atoms with E-state index in [0.717, 1.165) is 9.87 Å². The quantitative estimate of drug-likeness (QED) is 0.472. The van der Waals surface area contributed by atoms with Crippen LogP contribution >= 0.6 is 23.2 Å². The fourth-order valence-electron chi connectivity index (χ4n) is 3.02. The van der Waals surface area contributed by atoms with E-state index < -0.39 is 22.5 Å². The Hall–Kier alpha value is -2.58. The molecule has 0 aliphatic heterocycles. The lowest BCUT2D eigenvalue weighted by atomic mass is 10.2. The first-order chi connectivity index (χ1) is 15.2. The molecule has 0 aliphatic carbocycles. The molecule has 0 aliphatic rings. The van der Waals surface area contributed by atoms with Crippen LogP contribution in [0.25, 0.3) is 0 Å². The molecule has 3 rings (SSSR count). The summed E-state index contributed by atoms with van der Waals surface area (Å²) in [7, 11) is -2.51. The largest absolute Gasteiger partial charge is 0.495 e. The number of halogens is 2. The smallest absolute Gasteiger partial charge is 0.243 e. The Bertz CT molecular complexity index is 1210. The molecular formula is C23H22Cl2N2O4S. The number of para-hydroxylation sites is 2. The second kappa shape index (κ2) is 10.4. The molecule has 1 amide bonds. The van der Waals surface area contributed by atoms with Crippen molar-refractivity contribution >= 4 is 44.8 Å². The lowest BCUT2D eigenvalue weighted by Crippen LogP contribution is -2.37. The number of aryl methyl sites for hydroxylation is 1. The number of hydrogen-bond donors (Lipinski definition) is 1. The number of carbonyl (C=O) groups excluding carboxylic acids is 1. The molecule has 0 heterocycles. The minimum atomic E-state index is -4.00. The first kappa shape index (κ1) is 24.1. The lowest BCUT2D eigenvalue weighted by molar-refractivity contribution is -0.116. The number of benzene rings is 3. The third kappa shape index (κ3) is 5.81. The molecule has 6 nitrogen and oxygen atoms in total. The van der Waals surface area contributed by atoms with Crippen molar-refractivity contribution in [1.82, 2.24) is 4.31 Å². The van der Waals surface area contributed by atoms with Crippen molar-refractivity contribution in [2.45, 2.75) is 18.4 Å². The number of carbonyl (C=O) groups is 1. The fourth-order valence-corrected chi connectivity index (χ4v) is 4.87. The predicted octanol–water partition coefficient (Wildman–Crippen LogP) is 5.14. The highest BCUT2D eigenvalue weighted by molar-refractivity contribution is 7.89. The first-order valence-electron chi connectivity index (χ1n) is 9.64. The summed E-state index contributed by atoms with van der Waals surface area (Å²) in [6, 6.07) is 18.1. The summed E-state index contributed by atoms with van der Waals surface area (Å²) in [6.07, 6.45) is 0. The molecule has 3 aromatic carbocycles. The molecular weight excluding hydrogens is 471 g/mol. The number of hydrogen-bond acceptors (Lipinski definition) is 4. The van der Waals surface area contributed by atoms with Gasteiger partial charge < -0.3 is 10.1 Å². The molecule has 32 heavy (non-hydrogen) atoms. The van der Waals surface area contributed by atoms with E-state index in [1.807, 2.05) is 6.92 Å². The van der Waals surface area contributed by atoms with E-state index in [4.69, 9.17) is 27.9 Å². The van der Waals surface area contributed by atoms with Crippen LogP contribution in [0.1, 0.15) is 11.1 Å². The number of nitrogens with one attached hydrogen (secondary N) is 1. The van der Waals surface area contributed by atoms with Crippen LogP contribution in [0.4, 0.5) is 5.69 Å². The van der Waals surface area contributed by atoms with Crippen molar-refractivity contribution in [1.29, 1.82) is 0 Å². The minimum Gasteiger partial charge on any atom is -0.495 e. The van der Waals surface area contributed by atoms with Crippen LogP contribution in [0.2, 0.25) is 10.0 Å². The van der Waals surface area contributed by atoms with Gasteiger partial charge in [0.25, 0.3) is 0 Å². The molecule has 9 heteroatoms. The molecule has 0 spiro atoms. The third-order valence-corrected chi connectivity index (χ3v) is 7.11. The molecule has 0 bridgehead atoms. The number of anilines is 1. The van der Waals surface area contributed by atoms with Gasteiger partial charge in [0, 0.05) is 16.6 Å². The normalized spacial score (nSPS) is 11.4. The second-order valence-electron chi connectivity index (χ2n) is 7.07. The van der Waals surface area contributed by atoms with Crippen LogP contribution in [0.5, 0.6) is 5.75 Å². The summed E-state index contributed by atoms with van der Waals surface area (Å²) < 4.78 is 33.1. The van der Waals surface area contributed by atoms with Gasteiger partial charge in [0.1, 0.15) is 5.75 Å². The summed E-state index contributed by atoms with van der Waals surface area (Å²) in [5, 5.41) is 3.45. The molecule has 0 fully saturated rings. The predicted molar refractivity (Wildman–Crippen MR) is 127 cm³/mol. The van der Waals surface area contributed by atoms with Crippen molar-refractivity contribution in [3.8, 4) is 5.75 Å². The van der Waals surface area contributed by atoms with Crippen molar-refractivity contribution in [3.63, 3.8) is 0 Å². The monoisotopic (exact) mass is 492 g/mol. The summed E-state index contributed by atoms with van der Waals surface area (Å²) in [6.45, 7) is 1.33. The van der Waals surface area contributed by atoms with E-state index in [2.05, 4.69) is 5.32 Å². The van der Waals surface area contributed by atoms with Gasteiger partial charge in [-0.15, -0.1) is 0 Å². The number of rotatable bonds is 8. The van der Waals surface area contributed by atoms with Crippen LogP contribution in [0, 0.1) is 6.92 Å². The first-order valence-corrected chi connectivity index (χ1v) is 11.8. The van der Waals surface area contributed by atoms with Crippen molar-refractivity contribution in [3.05, 3.63) is 87.9 Å². The van der Waals surface area contributed by atoms with E-state index in [0.29, 0.717) is 27.0 Å². The molecule has 0 radical (unpaired) electrons. The van der Waals surface area contributed by atoms with Gasteiger partial charge in [0.05, 0.1) is 24.2 Å². The molecule has 0 unspecified atom stereocenters. The van der Waals surface area contributed by atoms with Gasteiger partial charge in [-0.25, -0.2) is 8.42 Å². The van der Waals surface area contributed by atoms with Crippen LogP contribution in [-0.4, -0.2) is 32.3 Å². The molecule has 3 aromatic rings. The SMILES string of the molecule is COc1ccccc1NC(=O)CN(Cc1ccc(Cl)cc1Cl)S(=O)(=O)c1ccc(C)cc1. The maximum absolute atomic E-state index is 13.4. The number of nitrogens with zero attached hydrogens (tertiary/aromatic N) is 1. The highest BCUT2D eigenvalue weighted by Crippen LogP contribution is 2.26. The van der Waals surface area contributed by atoms with Crippen molar-refractivity contribution in [2.75, 3.05) is 19.0 Å². The number of methoxy groups -OCH3 is 1. The number of amides is 1. The molecule has 0 saturated carbocycles. The van der Waals surface area contributed by atoms with Crippen LogP contribution < -0.4 is 10.1 Å². The average Bonchev–Trinajstić information content (AvgIpc) is 2.75. The number of ether oxygens (including phenoxy) is 1. The Balaban J connectivity index is 1.92. The highest BCUT2D eigenvalue weighted by atomic mass is 35.5. The second-order valence-corrected chi connectivity index (χ2v) is 9.85. The topological polar surface area (TPSA) is 75.7 Å². The van der Waals surface area contributed by atoms with Gasteiger partial charge in [-0.2, -0.15) is 4.31 Å². The van der Waals surface area contributed by atoms with Gasteiger partial charge in [0.15, 0.2) is 0 Å². The Kier molecular flexibility index (Phi) is 7.79. The maximum Gasteiger partial charge on any atom is 0.243 e. The summed E-state index contributed by atoms with van der Waals surface area (Å²) in [5.41, 5.74) is 1.89. The average molecular weight is 493 g/mol. The number of sulfonamides is 1.